The van der Waals surface area contributed by atoms with Gasteiger partial charge in [0.05, 0.1) is 13.3 Å². The molecule has 0 fully saturated rings. The van der Waals surface area contributed by atoms with Crippen LogP contribution in [-0.2, 0) is 4.79 Å². The molecule has 0 heterocycles. The molecule has 2 amide bonds. The highest BCUT2D eigenvalue weighted by molar-refractivity contribution is 9.10. The van der Waals surface area contributed by atoms with Crippen molar-refractivity contribution in [3.8, 4) is 11.5 Å². The molecule has 2 rings (SSSR count). The molecule has 0 bridgehead atoms. The van der Waals surface area contributed by atoms with Crippen LogP contribution in [0.15, 0.2) is 52.0 Å². The van der Waals surface area contributed by atoms with Crippen LogP contribution >= 0.6 is 15.9 Å². The molecular weight excluding hydrogens is 402 g/mol. The van der Waals surface area contributed by atoms with Crippen LogP contribution in [0.5, 0.6) is 11.5 Å². The van der Waals surface area contributed by atoms with Gasteiger partial charge in [-0.1, -0.05) is 15.9 Å². The van der Waals surface area contributed by atoms with Crippen LogP contribution < -0.4 is 15.5 Å². The molecule has 8 heteroatoms. The van der Waals surface area contributed by atoms with E-state index >= 15 is 0 Å². The Labute approximate surface area is 159 Å². The van der Waals surface area contributed by atoms with E-state index in [0.29, 0.717) is 16.9 Å². The molecular formula is C18H18BrN3O4. The van der Waals surface area contributed by atoms with E-state index < -0.39 is 11.9 Å². The van der Waals surface area contributed by atoms with E-state index in [0.717, 1.165) is 4.47 Å². The molecule has 2 aromatic rings. The standard InChI is InChI=1S/C18H18BrN3O4/c1-11(21-18(25)12-3-6-15(26-2)7-4-12)17(24)22-20-10-13-9-14(19)5-8-16(13)23/h3-11,23H,1-2H3,(H,21,25)(H,22,24)/b20-10+. The van der Waals surface area contributed by atoms with Crippen LogP contribution in [0.3, 0.4) is 0 Å². The van der Waals surface area contributed by atoms with Crippen molar-refractivity contribution in [3.63, 3.8) is 0 Å². The molecule has 26 heavy (non-hydrogen) atoms. The highest BCUT2D eigenvalue weighted by atomic mass is 79.9. The molecule has 0 spiro atoms. The topological polar surface area (TPSA) is 100 Å². The maximum atomic E-state index is 12.1. The van der Waals surface area contributed by atoms with Gasteiger partial charge in [0.2, 0.25) is 0 Å². The van der Waals surface area contributed by atoms with E-state index in [1.807, 2.05) is 0 Å². The van der Waals surface area contributed by atoms with Gasteiger partial charge in [0.1, 0.15) is 17.5 Å². The molecule has 1 atom stereocenters. The Balaban J connectivity index is 1.91. The number of hydrazone groups is 1. The van der Waals surface area contributed by atoms with Crippen LogP contribution in [0.2, 0.25) is 0 Å². The number of aromatic hydroxyl groups is 1. The minimum atomic E-state index is -0.794. The maximum absolute atomic E-state index is 12.1. The fraction of sp³-hybridized carbons (Fsp3) is 0.167. The number of phenolic OH excluding ortho intramolecular Hbond substituents is 1. The lowest BCUT2D eigenvalue weighted by Crippen LogP contribution is -2.43. The number of nitrogens with zero attached hydrogens (tertiary/aromatic N) is 1. The molecule has 3 N–H and O–H groups in total. The molecule has 0 saturated carbocycles. The van der Waals surface area contributed by atoms with Gasteiger partial charge < -0.3 is 15.2 Å². The summed E-state index contributed by atoms with van der Waals surface area (Å²) in [6.07, 6.45) is 1.32. The average molecular weight is 420 g/mol. The predicted molar refractivity (Wildman–Crippen MR) is 101 cm³/mol. The smallest absolute Gasteiger partial charge is 0.262 e. The minimum absolute atomic E-state index is 0.0343. The van der Waals surface area contributed by atoms with Crippen molar-refractivity contribution >= 4 is 34.0 Å². The lowest BCUT2D eigenvalue weighted by Gasteiger charge is -2.12. The van der Waals surface area contributed by atoms with Crippen LogP contribution in [0.4, 0.5) is 0 Å². The lowest BCUT2D eigenvalue weighted by molar-refractivity contribution is -0.122. The second-order valence-corrected chi connectivity index (χ2v) is 6.28. The molecule has 7 nitrogen and oxygen atoms in total. The van der Waals surface area contributed by atoms with E-state index in [4.69, 9.17) is 4.74 Å². The molecule has 0 radical (unpaired) electrons. The van der Waals surface area contributed by atoms with Gasteiger partial charge in [-0.2, -0.15) is 5.10 Å². The summed E-state index contributed by atoms with van der Waals surface area (Å²) in [7, 11) is 1.54. The second-order valence-electron chi connectivity index (χ2n) is 5.36. The Morgan fingerprint density at radius 2 is 1.92 bits per heavy atom. The number of carbonyl (C=O) groups excluding carboxylic acids is 2. The number of ether oxygens (including phenoxy) is 1. The second kappa shape index (κ2) is 9.00. The Morgan fingerprint density at radius 3 is 2.58 bits per heavy atom. The van der Waals surface area contributed by atoms with Crippen LogP contribution in [-0.4, -0.2) is 36.3 Å². The van der Waals surface area contributed by atoms with E-state index in [2.05, 4.69) is 31.8 Å². The Kier molecular flexibility index (Phi) is 6.74. The number of hydrogen-bond donors (Lipinski definition) is 3. The van der Waals surface area contributed by atoms with Gasteiger partial charge in [-0.3, -0.25) is 9.59 Å². The van der Waals surface area contributed by atoms with E-state index in [-0.39, 0.29) is 11.7 Å². The quantitative estimate of drug-likeness (QED) is 0.494. The zero-order chi connectivity index (χ0) is 19.1. The Bertz CT molecular complexity index is 822. The Morgan fingerprint density at radius 1 is 1.23 bits per heavy atom. The van der Waals surface area contributed by atoms with E-state index in [1.54, 1.807) is 43.3 Å². The predicted octanol–water partition coefficient (Wildman–Crippen LogP) is 2.43. The van der Waals surface area contributed by atoms with Crippen molar-refractivity contribution in [1.29, 1.82) is 0 Å². The maximum Gasteiger partial charge on any atom is 0.262 e. The van der Waals surface area contributed by atoms with Gasteiger partial charge in [0.15, 0.2) is 0 Å². The summed E-state index contributed by atoms with van der Waals surface area (Å²) >= 11 is 3.28. The number of phenols is 1. The fourth-order valence-corrected chi connectivity index (χ4v) is 2.36. The molecule has 0 aliphatic heterocycles. The summed E-state index contributed by atoms with van der Waals surface area (Å²) < 4.78 is 5.80. The summed E-state index contributed by atoms with van der Waals surface area (Å²) in [5, 5.41) is 16.1. The molecule has 0 aromatic heterocycles. The van der Waals surface area contributed by atoms with Crippen LogP contribution in [0, 0.1) is 0 Å². The van der Waals surface area contributed by atoms with Gasteiger partial charge in [-0.15, -0.1) is 0 Å². The monoisotopic (exact) mass is 419 g/mol. The summed E-state index contributed by atoms with van der Waals surface area (Å²) in [6.45, 7) is 1.54. The highest BCUT2D eigenvalue weighted by Gasteiger charge is 2.16. The largest absolute Gasteiger partial charge is 0.507 e. The van der Waals surface area contributed by atoms with Gasteiger partial charge in [-0.25, -0.2) is 5.43 Å². The van der Waals surface area contributed by atoms with E-state index in [1.165, 1.54) is 19.4 Å². The van der Waals surface area contributed by atoms with Crippen LogP contribution in [0.25, 0.3) is 0 Å². The van der Waals surface area contributed by atoms with Crippen LogP contribution in [0.1, 0.15) is 22.8 Å². The number of hydrogen-bond acceptors (Lipinski definition) is 5. The third-order valence-corrected chi connectivity index (χ3v) is 3.95. The molecule has 0 saturated heterocycles. The van der Waals surface area contributed by atoms with Gasteiger partial charge >= 0.3 is 0 Å². The lowest BCUT2D eigenvalue weighted by atomic mass is 10.2. The van der Waals surface area contributed by atoms with Gasteiger partial charge in [0, 0.05) is 15.6 Å². The SMILES string of the molecule is COc1ccc(C(=O)NC(C)C(=O)N/N=C/c2cc(Br)ccc2O)cc1. The Hall–Kier alpha value is -2.87. The molecule has 1 unspecified atom stereocenters. The molecule has 0 aliphatic rings. The number of amides is 2. The third-order valence-electron chi connectivity index (χ3n) is 3.46. The normalized spacial score (nSPS) is 11.8. The van der Waals surface area contributed by atoms with Crippen molar-refractivity contribution in [3.05, 3.63) is 58.1 Å². The first-order chi connectivity index (χ1) is 12.4. The zero-order valence-corrected chi connectivity index (χ0v) is 15.8. The molecule has 136 valence electrons. The summed E-state index contributed by atoms with van der Waals surface area (Å²) in [4.78, 5) is 24.1. The molecule has 2 aromatic carbocycles. The highest BCUT2D eigenvalue weighted by Crippen LogP contribution is 2.19. The van der Waals surface area contributed by atoms with Gasteiger partial charge in [0.25, 0.3) is 11.8 Å². The fourth-order valence-electron chi connectivity index (χ4n) is 1.98. The number of halogens is 1. The first-order valence-corrected chi connectivity index (χ1v) is 8.46. The summed E-state index contributed by atoms with van der Waals surface area (Å²) in [6, 6.07) is 10.6. The molecule has 0 aliphatic carbocycles. The van der Waals surface area contributed by atoms with Crippen molar-refractivity contribution in [2.75, 3.05) is 7.11 Å². The first kappa shape index (κ1) is 19.5. The number of nitrogens with one attached hydrogen (secondary N) is 2. The first-order valence-electron chi connectivity index (χ1n) is 7.67. The zero-order valence-electron chi connectivity index (χ0n) is 14.2. The minimum Gasteiger partial charge on any atom is -0.507 e. The number of carbonyl (C=O) groups is 2. The summed E-state index contributed by atoms with van der Waals surface area (Å²) in [5.74, 6) is -0.203. The van der Waals surface area contributed by atoms with Crippen molar-refractivity contribution in [1.82, 2.24) is 10.7 Å². The van der Waals surface area contributed by atoms with Gasteiger partial charge in [-0.05, 0) is 49.4 Å². The number of rotatable bonds is 6. The van der Waals surface area contributed by atoms with Crippen molar-refractivity contribution in [2.45, 2.75) is 13.0 Å². The average Bonchev–Trinajstić information content (AvgIpc) is 2.64. The number of benzene rings is 2. The number of methoxy groups -OCH3 is 1. The van der Waals surface area contributed by atoms with Crippen molar-refractivity contribution in [2.24, 2.45) is 5.10 Å². The summed E-state index contributed by atoms with van der Waals surface area (Å²) in [5.41, 5.74) is 3.17. The van der Waals surface area contributed by atoms with E-state index in [9.17, 15) is 14.7 Å². The third kappa shape index (κ3) is 5.32. The van der Waals surface area contributed by atoms with Crippen molar-refractivity contribution < 1.29 is 19.4 Å².